The number of aryl methyl sites for hydroxylation is 1. The summed E-state index contributed by atoms with van der Waals surface area (Å²) in [7, 11) is 0. The van der Waals surface area contributed by atoms with Gasteiger partial charge >= 0.3 is 6.09 Å². The molecule has 1 heterocycles. The molecule has 0 saturated carbocycles. The van der Waals surface area contributed by atoms with Crippen LogP contribution in [-0.2, 0) is 6.42 Å². The first kappa shape index (κ1) is 18.2. The van der Waals surface area contributed by atoms with Crippen molar-refractivity contribution in [2.75, 3.05) is 6.61 Å². The molecule has 3 aromatic rings. The maximum atomic E-state index is 11.1. The zero-order chi connectivity index (χ0) is 18.5. The maximum absolute atomic E-state index is 11.1. The van der Waals surface area contributed by atoms with Gasteiger partial charge in [-0.05, 0) is 58.6 Å². The summed E-state index contributed by atoms with van der Waals surface area (Å²) in [5.74, 6) is 0.674. The zero-order valence-electron chi connectivity index (χ0n) is 14.3. The third kappa shape index (κ3) is 4.32. The summed E-state index contributed by atoms with van der Waals surface area (Å²) in [6.07, 6.45) is 1.25. The number of pyridine rings is 1. The number of halogens is 1. The number of amides is 1. The number of carboxylic acid groups (broad SMARTS) is 1. The number of ether oxygens (including phenoxy) is 1. The molecule has 0 radical (unpaired) electrons. The average Bonchev–Trinajstić information content (AvgIpc) is 2.64. The Morgan fingerprint density at radius 2 is 2.04 bits per heavy atom. The predicted molar refractivity (Wildman–Crippen MR) is 105 cm³/mol. The summed E-state index contributed by atoms with van der Waals surface area (Å²) in [6.45, 7) is 2.20. The summed E-state index contributed by atoms with van der Waals surface area (Å²) in [4.78, 5) is 15.5. The topological polar surface area (TPSA) is 71.5 Å². The molecule has 2 N–H and O–H groups in total. The van der Waals surface area contributed by atoms with E-state index in [-0.39, 0.29) is 12.6 Å². The van der Waals surface area contributed by atoms with Gasteiger partial charge in [0, 0.05) is 11.6 Å². The van der Waals surface area contributed by atoms with E-state index in [2.05, 4.69) is 26.2 Å². The lowest BCUT2D eigenvalue weighted by Crippen LogP contribution is -2.39. The molecule has 6 heteroatoms. The van der Waals surface area contributed by atoms with Gasteiger partial charge in [-0.1, -0.05) is 30.3 Å². The van der Waals surface area contributed by atoms with E-state index in [0.29, 0.717) is 12.2 Å². The van der Waals surface area contributed by atoms with Crippen molar-refractivity contribution in [3.05, 3.63) is 70.3 Å². The van der Waals surface area contributed by atoms with E-state index in [1.54, 1.807) is 6.20 Å². The van der Waals surface area contributed by atoms with Crippen LogP contribution in [0.1, 0.15) is 11.1 Å². The fourth-order valence-corrected chi connectivity index (χ4v) is 3.43. The average molecular weight is 415 g/mol. The Balaban J connectivity index is 1.79. The molecular weight excluding hydrogens is 396 g/mol. The van der Waals surface area contributed by atoms with E-state index in [1.807, 2.05) is 55.5 Å². The third-order valence-electron chi connectivity index (χ3n) is 4.07. The van der Waals surface area contributed by atoms with Crippen LogP contribution in [0.4, 0.5) is 4.79 Å². The van der Waals surface area contributed by atoms with Crippen LogP contribution in [0, 0.1) is 6.92 Å². The molecule has 26 heavy (non-hydrogen) atoms. The molecular formula is C20H19BrN2O3. The number of nitrogens with zero attached hydrogens (tertiary/aromatic N) is 1. The van der Waals surface area contributed by atoms with Crippen molar-refractivity contribution >= 4 is 32.9 Å². The Labute approximate surface area is 160 Å². The molecule has 2 aromatic carbocycles. The molecule has 1 atom stereocenters. The number of hydrogen-bond donors (Lipinski definition) is 2. The fraction of sp³-hybridized carbons (Fsp3) is 0.200. The van der Waals surface area contributed by atoms with Crippen LogP contribution in [0.25, 0.3) is 10.9 Å². The van der Waals surface area contributed by atoms with Gasteiger partial charge in [-0.3, -0.25) is 4.98 Å². The Bertz CT molecular complexity index is 916. The lowest BCUT2D eigenvalue weighted by molar-refractivity contribution is 0.180. The molecule has 0 spiro atoms. The van der Waals surface area contributed by atoms with Crippen LogP contribution in [0.3, 0.4) is 0 Å². The van der Waals surface area contributed by atoms with Crippen LogP contribution < -0.4 is 10.1 Å². The highest BCUT2D eigenvalue weighted by Gasteiger charge is 2.16. The molecule has 3 rings (SSSR count). The summed E-state index contributed by atoms with van der Waals surface area (Å²) in [5.41, 5.74) is 2.97. The van der Waals surface area contributed by atoms with Gasteiger partial charge in [-0.25, -0.2) is 4.79 Å². The normalized spacial score (nSPS) is 11.9. The standard InChI is InChI=1S/C20H19BrN2O3/c1-13-10-17(18(21)16-8-5-9-22-19(13)16)26-12-15(23-20(24)25)11-14-6-3-2-4-7-14/h2-10,15,23H,11-12H2,1H3,(H,24,25). The van der Waals surface area contributed by atoms with E-state index >= 15 is 0 Å². The first-order chi connectivity index (χ1) is 12.5. The summed E-state index contributed by atoms with van der Waals surface area (Å²) >= 11 is 3.58. The van der Waals surface area contributed by atoms with Crippen molar-refractivity contribution in [1.82, 2.24) is 10.3 Å². The molecule has 134 valence electrons. The minimum absolute atomic E-state index is 0.227. The molecule has 0 aliphatic heterocycles. The number of fused-ring (bicyclic) bond motifs is 1. The van der Waals surface area contributed by atoms with Crippen molar-refractivity contribution in [3.8, 4) is 5.75 Å². The Hall–Kier alpha value is -2.60. The number of rotatable bonds is 6. The molecule has 1 unspecified atom stereocenters. The zero-order valence-corrected chi connectivity index (χ0v) is 15.9. The quantitative estimate of drug-likeness (QED) is 0.619. The van der Waals surface area contributed by atoms with Crippen LogP contribution in [-0.4, -0.2) is 28.8 Å². The largest absolute Gasteiger partial charge is 0.490 e. The van der Waals surface area contributed by atoms with Gasteiger partial charge in [-0.15, -0.1) is 0 Å². The second kappa shape index (κ2) is 8.19. The van der Waals surface area contributed by atoms with Crippen LogP contribution in [0.2, 0.25) is 0 Å². The third-order valence-corrected chi connectivity index (χ3v) is 4.89. The van der Waals surface area contributed by atoms with Crippen LogP contribution in [0.15, 0.2) is 59.2 Å². The van der Waals surface area contributed by atoms with Crippen molar-refractivity contribution < 1.29 is 14.6 Å². The molecule has 0 fully saturated rings. The minimum atomic E-state index is -1.06. The van der Waals surface area contributed by atoms with Gasteiger partial charge in [0.25, 0.3) is 0 Å². The second-order valence-corrected chi connectivity index (χ2v) is 6.85. The lowest BCUT2D eigenvalue weighted by Gasteiger charge is -2.19. The predicted octanol–water partition coefficient (Wildman–Crippen LogP) is 4.56. The first-order valence-electron chi connectivity index (χ1n) is 8.24. The maximum Gasteiger partial charge on any atom is 0.405 e. The summed E-state index contributed by atoms with van der Waals surface area (Å²) in [5, 5.41) is 12.6. The smallest absolute Gasteiger partial charge is 0.405 e. The van der Waals surface area contributed by atoms with E-state index in [1.165, 1.54) is 0 Å². The lowest BCUT2D eigenvalue weighted by atomic mass is 10.1. The van der Waals surface area contributed by atoms with Gasteiger partial charge in [0.05, 0.1) is 16.0 Å². The molecule has 0 aliphatic carbocycles. The number of hydrogen-bond acceptors (Lipinski definition) is 3. The number of aromatic nitrogens is 1. The van der Waals surface area contributed by atoms with Gasteiger partial charge in [-0.2, -0.15) is 0 Å². The van der Waals surface area contributed by atoms with Crippen molar-refractivity contribution in [1.29, 1.82) is 0 Å². The molecule has 5 nitrogen and oxygen atoms in total. The van der Waals surface area contributed by atoms with Crippen LogP contribution >= 0.6 is 15.9 Å². The van der Waals surface area contributed by atoms with Gasteiger partial charge in [0.2, 0.25) is 0 Å². The molecule has 0 saturated heterocycles. The monoisotopic (exact) mass is 414 g/mol. The van der Waals surface area contributed by atoms with Crippen molar-refractivity contribution in [2.45, 2.75) is 19.4 Å². The van der Waals surface area contributed by atoms with Crippen LogP contribution in [0.5, 0.6) is 5.75 Å². The van der Waals surface area contributed by atoms with Crippen molar-refractivity contribution in [2.24, 2.45) is 0 Å². The van der Waals surface area contributed by atoms with E-state index in [9.17, 15) is 4.79 Å². The second-order valence-electron chi connectivity index (χ2n) is 6.05. The Morgan fingerprint density at radius 3 is 2.77 bits per heavy atom. The van der Waals surface area contributed by atoms with E-state index in [0.717, 1.165) is 26.5 Å². The van der Waals surface area contributed by atoms with Gasteiger partial charge in [0.15, 0.2) is 0 Å². The summed E-state index contributed by atoms with van der Waals surface area (Å²) < 4.78 is 6.78. The fourth-order valence-electron chi connectivity index (χ4n) is 2.88. The molecule has 0 aliphatic rings. The highest BCUT2D eigenvalue weighted by Crippen LogP contribution is 2.34. The number of nitrogens with one attached hydrogen (secondary N) is 1. The van der Waals surface area contributed by atoms with E-state index < -0.39 is 6.09 Å². The highest BCUT2D eigenvalue weighted by molar-refractivity contribution is 9.10. The summed E-state index contributed by atoms with van der Waals surface area (Å²) in [6, 6.07) is 15.2. The van der Waals surface area contributed by atoms with E-state index in [4.69, 9.17) is 9.84 Å². The first-order valence-corrected chi connectivity index (χ1v) is 9.04. The molecule has 1 aromatic heterocycles. The molecule has 0 bridgehead atoms. The number of benzene rings is 2. The minimum Gasteiger partial charge on any atom is -0.490 e. The highest BCUT2D eigenvalue weighted by atomic mass is 79.9. The van der Waals surface area contributed by atoms with Gasteiger partial charge in [0.1, 0.15) is 12.4 Å². The Kier molecular flexibility index (Phi) is 5.73. The van der Waals surface area contributed by atoms with Gasteiger partial charge < -0.3 is 15.2 Å². The Morgan fingerprint density at radius 1 is 1.27 bits per heavy atom. The number of carbonyl (C=O) groups is 1. The molecule has 1 amide bonds. The SMILES string of the molecule is Cc1cc(OCC(Cc2ccccc2)NC(=O)O)c(Br)c2cccnc12. The van der Waals surface area contributed by atoms with Crippen molar-refractivity contribution in [3.63, 3.8) is 0 Å².